The highest BCUT2D eigenvalue weighted by Crippen LogP contribution is 2.27. The SMILES string of the molecule is CCOC(=O)N1CCC(NC(N)=NCC(C)(C)c2cccs2)CC1. The molecule has 2 rings (SSSR count). The molecule has 0 aliphatic carbocycles. The van der Waals surface area contributed by atoms with E-state index in [0.29, 0.717) is 32.2 Å². The first-order chi connectivity index (χ1) is 11.4. The van der Waals surface area contributed by atoms with E-state index in [9.17, 15) is 4.79 Å². The van der Waals surface area contributed by atoms with Crippen molar-refractivity contribution in [1.82, 2.24) is 10.2 Å². The molecule has 0 aromatic carbocycles. The molecule has 1 aromatic rings. The molecular weight excluding hydrogens is 324 g/mol. The van der Waals surface area contributed by atoms with Gasteiger partial charge in [0.05, 0.1) is 13.2 Å². The Kier molecular flexibility index (Phi) is 6.48. The fourth-order valence-electron chi connectivity index (χ4n) is 2.70. The van der Waals surface area contributed by atoms with E-state index >= 15 is 0 Å². The van der Waals surface area contributed by atoms with E-state index in [2.05, 4.69) is 41.7 Å². The van der Waals surface area contributed by atoms with Crippen LogP contribution in [0.25, 0.3) is 0 Å². The van der Waals surface area contributed by atoms with Crippen molar-refractivity contribution in [1.29, 1.82) is 0 Å². The molecule has 0 bridgehead atoms. The van der Waals surface area contributed by atoms with Crippen LogP contribution in [-0.2, 0) is 10.2 Å². The van der Waals surface area contributed by atoms with Gasteiger partial charge in [-0.2, -0.15) is 0 Å². The maximum atomic E-state index is 11.7. The number of nitrogens with two attached hydrogens (primary N) is 1. The van der Waals surface area contributed by atoms with Gasteiger partial charge in [0.25, 0.3) is 0 Å². The quantitative estimate of drug-likeness (QED) is 0.630. The number of nitrogens with zero attached hydrogens (tertiary/aromatic N) is 2. The van der Waals surface area contributed by atoms with Crippen LogP contribution in [0.5, 0.6) is 0 Å². The summed E-state index contributed by atoms with van der Waals surface area (Å²) < 4.78 is 5.03. The number of carbonyl (C=O) groups excluding carboxylic acids is 1. The molecule has 0 spiro atoms. The summed E-state index contributed by atoms with van der Waals surface area (Å²) in [7, 11) is 0. The van der Waals surface area contributed by atoms with Crippen molar-refractivity contribution < 1.29 is 9.53 Å². The molecule has 1 aromatic heterocycles. The van der Waals surface area contributed by atoms with Crippen molar-refractivity contribution in [2.24, 2.45) is 10.7 Å². The van der Waals surface area contributed by atoms with E-state index in [1.807, 2.05) is 6.92 Å². The molecule has 7 heteroatoms. The first kappa shape index (κ1) is 18.6. The Morgan fingerprint density at radius 1 is 1.50 bits per heavy atom. The third kappa shape index (κ3) is 5.12. The molecule has 0 unspecified atom stereocenters. The number of thiophene rings is 1. The minimum atomic E-state index is -0.227. The van der Waals surface area contributed by atoms with E-state index in [1.54, 1.807) is 16.2 Å². The number of piperidine rings is 1. The van der Waals surface area contributed by atoms with Crippen molar-refractivity contribution in [3.8, 4) is 0 Å². The van der Waals surface area contributed by atoms with Crippen LogP contribution in [-0.4, -0.2) is 49.2 Å². The highest BCUT2D eigenvalue weighted by molar-refractivity contribution is 7.10. The zero-order chi connectivity index (χ0) is 17.6. The minimum absolute atomic E-state index is 0.0201. The van der Waals surface area contributed by atoms with Crippen molar-refractivity contribution in [3.63, 3.8) is 0 Å². The number of rotatable bonds is 5. The van der Waals surface area contributed by atoms with Crippen molar-refractivity contribution in [2.45, 2.75) is 45.1 Å². The molecule has 1 saturated heterocycles. The highest BCUT2D eigenvalue weighted by Gasteiger charge is 2.24. The summed E-state index contributed by atoms with van der Waals surface area (Å²) in [5, 5.41) is 5.36. The summed E-state index contributed by atoms with van der Waals surface area (Å²) in [6, 6.07) is 4.45. The molecule has 2 heterocycles. The van der Waals surface area contributed by atoms with Gasteiger partial charge in [0.15, 0.2) is 5.96 Å². The number of likely N-dealkylation sites (tertiary alicyclic amines) is 1. The van der Waals surface area contributed by atoms with Crippen LogP contribution in [0.2, 0.25) is 0 Å². The fraction of sp³-hybridized carbons (Fsp3) is 0.647. The molecule has 1 fully saturated rings. The van der Waals surface area contributed by atoms with Crippen LogP contribution in [0.4, 0.5) is 4.79 Å². The summed E-state index contributed by atoms with van der Waals surface area (Å²) in [5.41, 5.74) is 6.02. The second-order valence-corrected chi connectivity index (χ2v) is 7.61. The van der Waals surface area contributed by atoms with Crippen LogP contribution in [0.1, 0.15) is 38.5 Å². The Morgan fingerprint density at radius 2 is 2.21 bits per heavy atom. The van der Waals surface area contributed by atoms with Crippen LogP contribution in [0, 0.1) is 0 Å². The van der Waals surface area contributed by atoms with E-state index in [-0.39, 0.29) is 17.6 Å². The van der Waals surface area contributed by atoms with Crippen molar-refractivity contribution >= 4 is 23.4 Å². The number of carbonyl (C=O) groups is 1. The lowest BCUT2D eigenvalue weighted by Crippen LogP contribution is -2.48. The van der Waals surface area contributed by atoms with Gasteiger partial charge >= 0.3 is 6.09 Å². The zero-order valence-corrected chi connectivity index (χ0v) is 15.6. The third-order valence-corrected chi connectivity index (χ3v) is 5.44. The number of hydrogen-bond acceptors (Lipinski definition) is 4. The molecule has 0 atom stereocenters. The second kappa shape index (κ2) is 8.37. The van der Waals surface area contributed by atoms with Gasteiger partial charge in [-0.05, 0) is 31.2 Å². The maximum absolute atomic E-state index is 11.7. The molecule has 6 nitrogen and oxygen atoms in total. The first-order valence-corrected chi connectivity index (χ1v) is 9.32. The Bertz CT molecular complexity index is 549. The van der Waals surface area contributed by atoms with E-state index in [4.69, 9.17) is 10.5 Å². The van der Waals surface area contributed by atoms with Crippen LogP contribution in [0.15, 0.2) is 22.5 Å². The lowest BCUT2D eigenvalue weighted by molar-refractivity contribution is 0.0963. The summed E-state index contributed by atoms with van der Waals surface area (Å²) >= 11 is 1.74. The van der Waals surface area contributed by atoms with Gasteiger partial charge in [-0.3, -0.25) is 4.99 Å². The highest BCUT2D eigenvalue weighted by atomic mass is 32.1. The molecule has 3 N–H and O–H groups in total. The summed E-state index contributed by atoms with van der Waals surface area (Å²) in [6.07, 6.45) is 1.47. The Labute approximate surface area is 148 Å². The van der Waals surface area contributed by atoms with Crippen LogP contribution < -0.4 is 11.1 Å². The molecule has 0 saturated carbocycles. The van der Waals surface area contributed by atoms with Crippen molar-refractivity contribution in [3.05, 3.63) is 22.4 Å². The molecule has 24 heavy (non-hydrogen) atoms. The van der Waals surface area contributed by atoms with E-state index in [1.165, 1.54) is 4.88 Å². The van der Waals surface area contributed by atoms with Gasteiger partial charge in [0.1, 0.15) is 0 Å². The second-order valence-electron chi connectivity index (χ2n) is 6.67. The lowest BCUT2D eigenvalue weighted by Gasteiger charge is -2.32. The van der Waals surface area contributed by atoms with Crippen LogP contribution >= 0.6 is 11.3 Å². The number of amides is 1. The predicted octanol–water partition coefficient (Wildman–Crippen LogP) is 2.55. The maximum Gasteiger partial charge on any atom is 0.409 e. The molecular formula is C17H28N4O2S. The summed E-state index contributed by atoms with van der Waals surface area (Å²) in [5.74, 6) is 0.481. The van der Waals surface area contributed by atoms with Gasteiger partial charge in [-0.1, -0.05) is 19.9 Å². The molecule has 1 aliphatic rings. The first-order valence-electron chi connectivity index (χ1n) is 8.44. The smallest absolute Gasteiger partial charge is 0.409 e. The summed E-state index contributed by atoms with van der Waals surface area (Å²) in [4.78, 5) is 19.3. The van der Waals surface area contributed by atoms with Crippen LogP contribution in [0.3, 0.4) is 0 Å². The predicted molar refractivity (Wildman–Crippen MR) is 98.6 cm³/mol. The standard InChI is InChI=1S/C17H28N4O2S/c1-4-23-16(22)21-9-7-13(8-10-21)20-15(18)19-12-17(2,3)14-6-5-11-24-14/h5-6,11,13H,4,7-10,12H2,1-3H3,(H3,18,19,20). The fourth-order valence-corrected chi connectivity index (χ4v) is 3.54. The minimum Gasteiger partial charge on any atom is -0.450 e. The van der Waals surface area contributed by atoms with E-state index < -0.39 is 0 Å². The van der Waals surface area contributed by atoms with E-state index in [0.717, 1.165) is 12.8 Å². The number of guanidine groups is 1. The number of aliphatic imine (C=N–C) groups is 1. The summed E-state index contributed by atoms with van der Waals surface area (Å²) in [6.45, 7) is 8.60. The number of hydrogen-bond donors (Lipinski definition) is 2. The van der Waals surface area contributed by atoms with Gasteiger partial charge in [-0.15, -0.1) is 11.3 Å². The molecule has 1 amide bonds. The zero-order valence-electron chi connectivity index (χ0n) is 14.7. The average molecular weight is 353 g/mol. The molecule has 134 valence electrons. The number of nitrogens with one attached hydrogen (secondary N) is 1. The van der Waals surface area contributed by atoms with Gasteiger partial charge in [-0.25, -0.2) is 4.79 Å². The molecule has 0 radical (unpaired) electrons. The Hall–Kier alpha value is -1.76. The Morgan fingerprint density at radius 3 is 2.79 bits per heavy atom. The van der Waals surface area contributed by atoms with Crippen molar-refractivity contribution in [2.75, 3.05) is 26.2 Å². The monoisotopic (exact) mass is 352 g/mol. The lowest BCUT2D eigenvalue weighted by atomic mass is 9.92. The average Bonchev–Trinajstić information content (AvgIpc) is 3.09. The molecule has 1 aliphatic heterocycles. The number of ether oxygens (including phenoxy) is 1. The van der Waals surface area contributed by atoms with Gasteiger partial charge in [0, 0.05) is 29.4 Å². The largest absolute Gasteiger partial charge is 0.450 e. The third-order valence-electron chi connectivity index (χ3n) is 4.21. The van der Waals surface area contributed by atoms with Gasteiger partial charge in [0.2, 0.25) is 0 Å². The topological polar surface area (TPSA) is 80.0 Å². The van der Waals surface area contributed by atoms with Gasteiger partial charge < -0.3 is 20.7 Å². The normalized spacial score (nSPS) is 17.0. The Balaban J connectivity index is 1.79.